The van der Waals surface area contributed by atoms with Crippen molar-refractivity contribution in [3.63, 3.8) is 0 Å². The highest BCUT2D eigenvalue weighted by Crippen LogP contribution is 2.28. The summed E-state index contributed by atoms with van der Waals surface area (Å²) in [7, 11) is 3.95. The highest BCUT2D eigenvalue weighted by Gasteiger charge is 2.13. The molecule has 2 N–H and O–H groups in total. The van der Waals surface area contributed by atoms with Gasteiger partial charge in [0.1, 0.15) is 5.69 Å². The van der Waals surface area contributed by atoms with Gasteiger partial charge in [0.15, 0.2) is 0 Å². The summed E-state index contributed by atoms with van der Waals surface area (Å²) in [5.74, 6) is -0.101. The number of aromatic nitrogens is 3. The molecule has 0 atom stereocenters. The first-order valence-corrected chi connectivity index (χ1v) is 13.3. The molecule has 0 unspecified atom stereocenters. The third-order valence-electron chi connectivity index (χ3n) is 6.65. The van der Waals surface area contributed by atoms with E-state index in [9.17, 15) is 9.59 Å². The fraction of sp³-hybridized carbons (Fsp3) is 0.188. The monoisotopic (exact) mass is 532 g/mol. The summed E-state index contributed by atoms with van der Waals surface area (Å²) in [5, 5.41) is 11.9. The first kappa shape index (κ1) is 26.8. The number of hydrogen-bond donors (Lipinski definition) is 2. The molecule has 0 aliphatic rings. The molecule has 0 radical (unpaired) electrons. The molecule has 8 nitrogen and oxygen atoms in total. The number of carbonyl (C=O) groups excluding carboxylic acids is 1. The smallest absolute Gasteiger partial charge is 0.290 e. The molecule has 1 amide bonds. The number of nitrogens with one attached hydrogen (secondary N) is 2. The number of amides is 1. The molecule has 8 heteroatoms. The number of fused-ring (bicyclic) bond motifs is 1. The van der Waals surface area contributed by atoms with Crippen LogP contribution >= 0.6 is 0 Å². The predicted molar refractivity (Wildman–Crippen MR) is 161 cm³/mol. The molecule has 0 saturated heterocycles. The lowest BCUT2D eigenvalue weighted by Gasteiger charge is -2.13. The molecular formula is C32H32N6O2. The van der Waals surface area contributed by atoms with Gasteiger partial charge in [0.2, 0.25) is 0 Å². The third kappa shape index (κ3) is 5.92. The van der Waals surface area contributed by atoms with Crippen molar-refractivity contribution >= 4 is 28.2 Å². The van der Waals surface area contributed by atoms with Gasteiger partial charge in [-0.1, -0.05) is 36.4 Å². The SMILES string of the molecule is CCn1nc(-c2cccc(-c3cccc(C(=O)NCCN(C)C)c3)c2)cc(Nc2cccc3ncccc23)c1=O. The van der Waals surface area contributed by atoms with Crippen molar-refractivity contribution in [3.8, 4) is 22.4 Å². The summed E-state index contributed by atoms with van der Waals surface area (Å²) in [6.07, 6.45) is 1.75. The van der Waals surface area contributed by atoms with Gasteiger partial charge in [-0.3, -0.25) is 14.6 Å². The molecule has 0 bridgehead atoms. The van der Waals surface area contributed by atoms with E-state index in [1.807, 2.05) is 105 Å². The number of benzene rings is 3. The van der Waals surface area contributed by atoms with Gasteiger partial charge < -0.3 is 15.5 Å². The molecular weight excluding hydrogens is 500 g/mol. The van der Waals surface area contributed by atoms with E-state index in [0.717, 1.165) is 39.8 Å². The van der Waals surface area contributed by atoms with E-state index in [0.29, 0.717) is 30.0 Å². The standard InChI is InChI=1S/C32H32N6O2/c1-4-38-32(40)30(35-28-15-7-14-27-26(28)13-8-16-33-27)21-29(36-38)24-11-5-9-22(19-24)23-10-6-12-25(20-23)31(39)34-17-18-37(2)3/h5-16,19-21,35H,4,17-18H2,1-3H3,(H,34,39). The van der Waals surface area contributed by atoms with Gasteiger partial charge in [-0.15, -0.1) is 0 Å². The molecule has 0 aliphatic carbocycles. The van der Waals surface area contributed by atoms with E-state index in [1.165, 1.54) is 4.68 Å². The van der Waals surface area contributed by atoms with Crippen LogP contribution in [0.3, 0.4) is 0 Å². The van der Waals surface area contributed by atoms with E-state index in [1.54, 1.807) is 12.3 Å². The molecule has 202 valence electrons. The maximum absolute atomic E-state index is 13.2. The van der Waals surface area contributed by atoms with Crippen LogP contribution in [-0.2, 0) is 6.54 Å². The Bertz CT molecular complexity index is 1720. The van der Waals surface area contributed by atoms with Gasteiger partial charge in [-0.05, 0) is 80.7 Å². The Morgan fingerprint density at radius 1 is 0.875 bits per heavy atom. The largest absolute Gasteiger partial charge is 0.351 e. The van der Waals surface area contributed by atoms with Crippen molar-refractivity contribution in [2.45, 2.75) is 13.5 Å². The summed E-state index contributed by atoms with van der Waals surface area (Å²) < 4.78 is 1.46. The van der Waals surface area contributed by atoms with E-state index in [4.69, 9.17) is 0 Å². The number of anilines is 2. The van der Waals surface area contributed by atoms with Crippen LogP contribution in [0.4, 0.5) is 11.4 Å². The van der Waals surface area contributed by atoms with Crippen LogP contribution in [0.25, 0.3) is 33.3 Å². The summed E-state index contributed by atoms with van der Waals surface area (Å²) in [6, 6.07) is 27.0. The highest BCUT2D eigenvalue weighted by molar-refractivity contribution is 5.95. The van der Waals surface area contributed by atoms with E-state index in [-0.39, 0.29) is 11.5 Å². The van der Waals surface area contributed by atoms with Crippen molar-refractivity contribution in [2.75, 3.05) is 32.5 Å². The number of hydrogen-bond acceptors (Lipinski definition) is 6. The number of pyridine rings is 1. The molecule has 0 fully saturated rings. The van der Waals surface area contributed by atoms with E-state index >= 15 is 0 Å². The average molecular weight is 533 g/mol. The van der Waals surface area contributed by atoms with Crippen molar-refractivity contribution in [3.05, 3.63) is 107 Å². The van der Waals surface area contributed by atoms with E-state index in [2.05, 4.69) is 20.7 Å². The first-order chi connectivity index (χ1) is 19.4. The summed E-state index contributed by atoms with van der Waals surface area (Å²) >= 11 is 0. The van der Waals surface area contributed by atoms with Gasteiger partial charge in [-0.25, -0.2) is 4.68 Å². The number of nitrogens with zero attached hydrogens (tertiary/aromatic N) is 4. The summed E-state index contributed by atoms with van der Waals surface area (Å²) in [5.41, 5.74) is 5.90. The highest BCUT2D eigenvalue weighted by atomic mass is 16.1. The summed E-state index contributed by atoms with van der Waals surface area (Å²) in [6.45, 7) is 3.68. The van der Waals surface area contributed by atoms with Crippen LogP contribution in [0, 0.1) is 0 Å². The molecule has 3 aromatic carbocycles. The molecule has 0 aliphatic heterocycles. The van der Waals surface area contributed by atoms with E-state index < -0.39 is 0 Å². The first-order valence-electron chi connectivity index (χ1n) is 13.3. The fourth-order valence-electron chi connectivity index (χ4n) is 4.54. The zero-order valence-electron chi connectivity index (χ0n) is 22.9. The Morgan fingerprint density at radius 2 is 1.62 bits per heavy atom. The van der Waals surface area contributed by atoms with Crippen molar-refractivity contribution < 1.29 is 4.79 Å². The minimum absolute atomic E-state index is 0.101. The molecule has 40 heavy (non-hydrogen) atoms. The van der Waals surface area contributed by atoms with Crippen LogP contribution in [0.15, 0.2) is 95.9 Å². The maximum atomic E-state index is 13.2. The average Bonchev–Trinajstić information content (AvgIpc) is 2.98. The van der Waals surface area contributed by atoms with Crippen LogP contribution in [0.5, 0.6) is 0 Å². The van der Waals surface area contributed by atoms with Gasteiger partial charge in [0, 0.05) is 48.0 Å². The van der Waals surface area contributed by atoms with Crippen molar-refractivity contribution in [1.82, 2.24) is 25.0 Å². The third-order valence-corrected chi connectivity index (χ3v) is 6.65. The minimum Gasteiger partial charge on any atom is -0.351 e. The number of carbonyl (C=O) groups is 1. The van der Waals surface area contributed by atoms with Gasteiger partial charge in [0.25, 0.3) is 11.5 Å². The normalized spacial score (nSPS) is 11.1. The zero-order valence-corrected chi connectivity index (χ0v) is 22.9. The Hall–Kier alpha value is -4.82. The maximum Gasteiger partial charge on any atom is 0.290 e. The fourth-order valence-corrected chi connectivity index (χ4v) is 4.54. The molecule has 2 heterocycles. The van der Waals surface area contributed by atoms with Crippen LogP contribution in [0.2, 0.25) is 0 Å². The number of aryl methyl sites for hydroxylation is 1. The Balaban J connectivity index is 1.47. The van der Waals surface area contributed by atoms with Crippen LogP contribution in [-0.4, -0.2) is 52.8 Å². The lowest BCUT2D eigenvalue weighted by Crippen LogP contribution is -2.31. The van der Waals surface area contributed by atoms with Crippen LogP contribution in [0.1, 0.15) is 17.3 Å². The van der Waals surface area contributed by atoms with Crippen molar-refractivity contribution in [2.24, 2.45) is 0 Å². The number of likely N-dealkylation sites (N-methyl/N-ethyl adjacent to an activating group) is 1. The van der Waals surface area contributed by atoms with Crippen LogP contribution < -0.4 is 16.2 Å². The predicted octanol–water partition coefficient (Wildman–Crippen LogP) is 5.18. The molecule has 0 spiro atoms. The van der Waals surface area contributed by atoms with Crippen molar-refractivity contribution in [1.29, 1.82) is 0 Å². The molecule has 5 rings (SSSR count). The Labute approximate surface area is 233 Å². The zero-order chi connectivity index (χ0) is 28.1. The lowest BCUT2D eigenvalue weighted by atomic mass is 9.99. The van der Waals surface area contributed by atoms with Gasteiger partial charge >= 0.3 is 0 Å². The lowest BCUT2D eigenvalue weighted by molar-refractivity contribution is 0.0951. The molecule has 0 saturated carbocycles. The van der Waals surface area contributed by atoms with Gasteiger partial charge in [0.05, 0.1) is 11.2 Å². The van der Waals surface area contributed by atoms with Gasteiger partial charge in [-0.2, -0.15) is 5.10 Å². The number of rotatable bonds is 9. The second-order valence-electron chi connectivity index (χ2n) is 9.79. The molecule has 2 aromatic heterocycles. The Morgan fingerprint density at radius 3 is 2.42 bits per heavy atom. The second kappa shape index (κ2) is 11.9. The minimum atomic E-state index is -0.198. The Kier molecular flexibility index (Phi) is 7.98. The summed E-state index contributed by atoms with van der Waals surface area (Å²) in [4.78, 5) is 32.3. The topological polar surface area (TPSA) is 92.2 Å². The molecule has 5 aromatic rings. The second-order valence-corrected chi connectivity index (χ2v) is 9.79. The quantitative estimate of drug-likeness (QED) is 0.272.